The number of allylic oxidation sites excluding steroid dienone is 2. The van der Waals surface area contributed by atoms with Crippen molar-refractivity contribution in [2.24, 2.45) is 20.5 Å². The number of hydrogen-bond acceptors (Lipinski definition) is 8. The molecule has 0 spiro atoms. The van der Waals surface area contributed by atoms with Crippen LogP contribution in [0.1, 0.15) is 55.6 Å². The Morgan fingerprint density at radius 2 is 0.648 bits per heavy atom. The van der Waals surface area contributed by atoms with Crippen molar-refractivity contribution >= 4 is 22.7 Å². The lowest BCUT2D eigenvalue weighted by Crippen LogP contribution is -2.03. The summed E-state index contributed by atoms with van der Waals surface area (Å²) < 4.78 is 0. The van der Waals surface area contributed by atoms with E-state index >= 15 is 0 Å². The zero-order chi connectivity index (χ0) is 37.6. The molecule has 268 valence electrons. The Kier molecular flexibility index (Phi) is 10.4. The van der Waals surface area contributed by atoms with Crippen LogP contribution in [0.2, 0.25) is 0 Å². The lowest BCUT2D eigenvalue weighted by atomic mass is 9.89. The van der Waals surface area contributed by atoms with E-state index in [0.717, 1.165) is 11.1 Å². The van der Waals surface area contributed by atoms with Crippen molar-refractivity contribution in [1.82, 2.24) is 0 Å². The lowest BCUT2D eigenvalue weighted by Gasteiger charge is -2.19. The first-order valence-corrected chi connectivity index (χ1v) is 17.8. The number of rotatable bonds is 8. The van der Waals surface area contributed by atoms with E-state index in [0.29, 0.717) is 80.1 Å². The summed E-state index contributed by atoms with van der Waals surface area (Å²) in [4.78, 5) is 0. The Morgan fingerprint density at radius 3 is 0.926 bits per heavy atom. The summed E-state index contributed by atoms with van der Waals surface area (Å²) in [6, 6.07) is 33.5. The number of phenolic OH excluding ortho intramolecular Hbond substituents is 4. The summed E-state index contributed by atoms with van der Waals surface area (Å²) in [5.41, 5.74) is 8.74. The van der Waals surface area contributed by atoms with Crippen LogP contribution in [0.25, 0.3) is 0 Å². The van der Waals surface area contributed by atoms with Crippen LogP contribution in [-0.4, -0.2) is 20.4 Å². The topological polar surface area (TPSA) is 130 Å². The van der Waals surface area contributed by atoms with E-state index in [2.05, 4.69) is 33.6 Å². The Bertz CT molecular complexity index is 2150. The minimum Gasteiger partial charge on any atom is -0.507 e. The van der Waals surface area contributed by atoms with Crippen molar-refractivity contribution < 1.29 is 20.4 Å². The molecule has 0 saturated heterocycles. The molecule has 0 aliphatic heterocycles. The third kappa shape index (κ3) is 7.98. The van der Waals surface area contributed by atoms with Crippen LogP contribution < -0.4 is 0 Å². The Labute approximate surface area is 314 Å². The van der Waals surface area contributed by atoms with Gasteiger partial charge >= 0.3 is 0 Å². The maximum absolute atomic E-state index is 11.8. The van der Waals surface area contributed by atoms with Crippen molar-refractivity contribution in [2.75, 3.05) is 0 Å². The van der Waals surface area contributed by atoms with E-state index in [4.69, 9.17) is 0 Å². The summed E-state index contributed by atoms with van der Waals surface area (Å²) >= 11 is 0. The predicted molar refractivity (Wildman–Crippen MR) is 213 cm³/mol. The first-order chi connectivity index (χ1) is 26.3. The molecule has 0 heterocycles. The molecule has 6 aromatic rings. The van der Waals surface area contributed by atoms with Gasteiger partial charge in [0, 0.05) is 47.9 Å². The molecule has 54 heavy (non-hydrogen) atoms. The van der Waals surface area contributed by atoms with Crippen LogP contribution in [0.15, 0.2) is 155 Å². The van der Waals surface area contributed by atoms with Crippen molar-refractivity contribution in [3.05, 3.63) is 190 Å². The van der Waals surface area contributed by atoms with Gasteiger partial charge in [-0.05, 0) is 94.8 Å². The summed E-state index contributed by atoms with van der Waals surface area (Å²) in [6.45, 7) is 7.86. The summed E-state index contributed by atoms with van der Waals surface area (Å²) in [7, 11) is 0. The fourth-order valence-corrected chi connectivity index (χ4v) is 6.95. The highest BCUT2D eigenvalue weighted by Crippen LogP contribution is 2.41. The SMILES string of the molecule is C=CCc1cc2c(O)c(c1)Cc1cc(N=Nc3ccccc3)cc(c1O)Cc1cc(CC=C)cc(c1O)Cc1cc(N=Nc3ccccc3)cc(c1O)C2. The van der Waals surface area contributed by atoms with E-state index in [1.54, 1.807) is 36.4 Å². The fourth-order valence-electron chi connectivity index (χ4n) is 6.95. The molecule has 8 bridgehead atoms. The van der Waals surface area contributed by atoms with Crippen molar-refractivity contribution in [3.63, 3.8) is 0 Å². The number of fused-ring (bicyclic) bond motifs is 8. The number of aromatic hydroxyl groups is 4. The molecule has 7 rings (SSSR count). The first kappa shape index (κ1) is 35.6. The molecule has 0 amide bonds. The number of azo groups is 2. The second-order valence-corrected chi connectivity index (χ2v) is 13.5. The predicted octanol–water partition coefficient (Wildman–Crippen LogP) is 11.5. The van der Waals surface area contributed by atoms with Gasteiger partial charge in [-0.1, -0.05) is 72.8 Å². The first-order valence-electron chi connectivity index (χ1n) is 17.8. The molecule has 8 nitrogen and oxygen atoms in total. The largest absolute Gasteiger partial charge is 0.507 e. The van der Waals surface area contributed by atoms with Crippen molar-refractivity contribution in [1.29, 1.82) is 0 Å². The zero-order valence-electron chi connectivity index (χ0n) is 29.8. The minimum absolute atomic E-state index is 0.0437. The van der Waals surface area contributed by atoms with E-state index in [1.807, 2.05) is 84.9 Å². The van der Waals surface area contributed by atoms with E-state index in [9.17, 15) is 20.4 Å². The van der Waals surface area contributed by atoms with Gasteiger partial charge in [0.25, 0.3) is 0 Å². The standard InChI is InChI=1S/C46H40N4O4/c1-3-11-29-17-31-21-35-25-41(49-47-39-13-7-5-8-14-39)27-37(45(35)53)23-33-19-30(12-4-2)20-34(44(33)52)24-38-28-42(50-48-40-15-9-6-10-16-40)26-36(46(38)54)22-32(18-29)43(31)51/h3-10,13-20,25-28,51-54H,1-2,11-12,21-24H2. The van der Waals surface area contributed by atoms with Crippen molar-refractivity contribution in [3.8, 4) is 23.0 Å². The molecule has 0 aromatic heterocycles. The molecule has 0 saturated carbocycles. The monoisotopic (exact) mass is 712 g/mol. The molecule has 8 heteroatoms. The smallest absolute Gasteiger partial charge is 0.122 e. The van der Waals surface area contributed by atoms with Gasteiger partial charge in [-0.2, -0.15) is 20.5 Å². The van der Waals surface area contributed by atoms with Gasteiger partial charge in [0.1, 0.15) is 23.0 Å². The quantitative estimate of drug-likeness (QED) is 0.0922. The highest BCUT2D eigenvalue weighted by atomic mass is 16.3. The average Bonchev–Trinajstić information content (AvgIpc) is 3.17. The van der Waals surface area contributed by atoms with Crippen LogP contribution in [0, 0.1) is 0 Å². The van der Waals surface area contributed by atoms with E-state index < -0.39 is 0 Å². The van der Waals surface area contributed by atoms with E-state index in [-0.39, 0.29) is 48.7 Å². The molecule has 1 aliphatic rings. The number of phenols is 4. The molecule has 0 fully saturated rings. The average molecular weight is 713 g/mol. The molecule has 4 N–H and O–H groups in total. The van der Waals surface area contributed by atoms with Crippen LogP contribution >= 0.6 is 0 Å². The number of nitrogens with zero attached hydrogens (tertiary/aromatic N) is 4. The Morgan fingerprint density at radius 1 is 0.389 bits per heavy atom. The van der Waals surface area contributed by atoms with Crippen LogP contribution in [0.5, 0.6) is 23.0 Å². The minimum atomic E-state index is 0.0437. The molecule has 0 unspecified atom stereocenters. The van der Waals surface area contributed by atoms with E-state index in [1.165, 1.54) is 0 Å². The number of benzene rings is 6. The molecule has 0 atom stereocenters. The van der Waals surface area contributed by atoms with Gasteiger partial charge in [-0.3, -0.25) is 0 Å². The number of hydrogen-bond donors (Lipinski definition) is 4. The highest BCUT2D eigenvalue weighted by Gasteiger charge is 2.22. The third-order valence-electron chi connectivity index (χ3n) is 9.52. The summed E-state index contributed by atoms with van der Waals surface area (Å²) in [6.07, 6.45) is 5.39. The maximum atomic E-state index is 11.8. The third-order valence-corrected chi connectivity index (χ3v) is 9.52. The normalized spacial score (nSPS) is 12.6. The Hall–Kier alpha value is -6.80. The summed E-state index contributed by atoms with van der Waals surface area (Å²) in [5, 5.41) is 65.3. The van der Waals surface area contributed by atoms with Gasteiger partial charge in [-0.25, -0.2) is 0 Å². The van der Waals surface area contributed by atoms with Gasteiger partial charge in [0.15, 0.2) is 0 Å². The lowest BCUT2D eigenvalue weighted by molar-refractivity contribution is 0.450. The molecule has 6 aromatic carbocycles. The van der Waals surface area contributed by atoms with Crippen molar-refractivity contribution in [2.45, 2.75) is 38.5 Å². The summed E-state index contributed by atoms with van der Waals surface area (Å²) in [5.74, 6) is 0.201. The second-order valence-electron chi connectivity index (χ2n) is 13.5. The van der Waals surface area contributed by atoms with Gasteiger partial charge in [0.05, 0.1) is 22.7 Å². The second kappa shape index (κ2) is 15.8. The van der Waals surface area contributed by atoms with Crippen LogP contribution in [0.4, 0.5) is 22.7 Å². The molecular weight excluding hydrogens is 673 g/mol. The van der Waals surface area contributed by atoms with Gasteiger partial charge < -0.3 is 20.4 Å². The molecule has 1 aliphatic carbocycles. The fraction of sp³-hybridized carbons (Fsp3) is 0.130. The zero-order valence-corrected chi connectivity index (χ0v) is 29.8. The Balaban J connectivity index is 1.44. The maximum Gasteiger partial charge on any atom is 0.122 e. The highest BCUT2D eigenvalue weighted by molar-refractivity contribution is 5.61. The van der Waals surface area contributed by atoms with Gasteiger partial charge in [-0.15, -0.1) is 13.2 Å². The van der Waals surface area contributed by atoms with Crippen LogP contribution in [-0.2, 0) is 38.5 Å². The molecule has 0 radical (unpaired) electrons. The van der Waals surface area contributed by atoms with Crippen LogP contribution in [0.3, 0.4) is 0 Å². The van der Waals surface area contributed by atoms with Gasteiger partial charge in [0.2, 0.25) is 0 Å². The molecular formula is C46H40N4O4.